The van der Waals surface area contributed by atoms with Crippen LogP contribution in [-0.2, 0) is 0 Å². The maximum atomic E-state index is 9.63. The Labute approximate surface area is 86.2 Å². The summed E-state index contributed by atoms with van der Waals surface area (Å²) >= 11 is 3.23. The first-order chi connectivity index (χ1) is 6.16. The lowest BCUT2D eigenvalue weighted by atomic mass is 10.0. The predicted molar refractivity (Wildman–Crippen MR) is 57.5 cm³/mol. The van der Waals surface area contributed by atoms with Gasteiger partial charge in [-0.2, -0.15) is 0 Å². The molecule has 0 aliphatic rings. The van der Waals surface area contributed by atoms with Gasteiger partial charge in [-0.3, -0.25) is 0 Å². The third kappa shape index (κ3) is 2.32. The van der Waals surface area contributed by atoms with Crippen LogP contribution in [0.15, 0.2) is 35.3 Å². The van der Waals surface area contributed by atoms with E-state index >= 15 is 0 Å². The van der Waals surface area contributed by atoms with E-state index in [0.717, 1.165) is 5.56 Å². The SMILES string of the molecule is C=CCC(N)c1cccc(Br)c1O. The normalized spacial score (nSPS) is 12.5. The van der Waals surface area contributed by atoms with Gasteiger partial charge in [0, 0.05) is 11.6 Å². The van der Waals surface area contributed by atoms with Crippen molar-refractivity contribution in [2.24, 2.45) is 5.73 Å². The lowest BCUT2D eigenvalue weighted by Crippen LogP contribution is -2.09. The Bertz CT molecular complexity index is 312. The van der Waals surface area contributed by atoms with Crippen molar-refractivity contribution in [1.29, 1.82) is 0 Å². The number of benzene rings is 1. The summed E-state index contributed by atoms with van der Waals surface area (Å²) in [5, 5.41) is 9.63. The molecule has 0 saturated carbocycles. The lowest BCUT2D eigenvalue weighted by Gasteiger charge is -2.11. The highest BCUT2D eigenvalue weighted by Crippen LogP contribution is 2.31. The van der Waals surface area contributed by atoms with Crippen LogP contribution in [0.1, 0.15) is 18.0 Å². The summed E-state index contributed by atoms with van der Waals surface area (Å²) in [5.41, 5.74) is 6.57. The average molecular weight is 242 g/mol. The van der Waals surface area contributed by atoms with Crippen LogP contribution in [0.5, 0.6) is 5.75 Å². The molecule has 1 aromatic carbocycles. The van der Waals surface area contributed by atoms with Crippen molar-refractivity contribution < 1.29 is 5.11 Å². The second-order valence-electron chi connectivity index (χ2n) is 2.81. The van der Waals surface area contributed by atoms with Gasteiger partial charge < -0.3 is 10.8 Å². The zero-order valence-corrected chi connectivity index (χ0v) is 8.79. The number of nitrogens with two attached hydrogens (primary N) is 1. The largest absolute Gasteiger partial charge is 0.506 e. The Kier molecular flexibility index (Phi) is 3.51. The van der Waals surface area contributed by atoms with Crippen LogP contribution in [-0.4, -0.2) is 5.11 Å². The average Bonchev–Trinajstić information content (AvgIpc) is 2.10. The molecule has 0 bridgehead atoms. The van der Waals surface area contributed by atoms with Gasteiger partial charge in [-0.1, -0.05) is 18.2 Å². The molecule has 70 valence electrons. The van der Waals surface area contributed by atoms with Gasteiger partial charge in [0.2, 0.25) is 0 Å². The summed E-state index contributed by atoms with van der Waals surface area (Å²) < 4.78 is 0.671. The number of halogens is 1. The number of phenols is 1. The zero-order valence-electron chi connectivity index (χ0n) is 7.20. The standard InChI is InChI=1S/C10H12BrNO/c1-2-4-9(12)7-5-3-6-8(11)10(7)13/h2-3,5-6,9,13H,1,4,12H2. The topological polar surface area (TPSA) is 46.2 Å². The quantitative estimate of drug-likeness (QED) is 0.800. The molecule has 0 radical (unpaired) electrons. The zero-order chi connectivity index (χ0) is 9.84. The summed E-state index contributed by atoms with van der Waals surface area (Å²) in [6.07, 6.45) is 2.40. The monoisotopic (exact) mass is 241 g/mol. The molecule has 0 aliphatic carbocycles. The molecule has 1 rings (SSSR count). The smallest absolute Gasteiger partial charge is 0.134 e. The Morgan fingerprint density at radius 1 is 1.62 bits per heavy atom. The van der Waals surface area contributed by atoms with Gasteiger partial charge in [0.1, 0.15) is 5.75 Å². The van der Waals surface area contributed by atoms with Gasteiger partial charge in [-0.25, -0.2) is 0 Å². The van der Waals surface area contributed by atoms with Crippen molar-refractivity contribution >= 4 is 15.9 Å². The Hall–Kier alpha value is -0.800. The molecule has 1 aromatic rings. The number of hydrogen-bond donors (Lipinski definition) is 2. The van der Waals surface area contributed by atoms with Crippen molar-refractivity contribution in [3.8, 4) is 5.75 Å². The molecular formula is C10H12BrNO. The fourth-order valence-electron chi connectivity index (χ4n) is 1.14. The maximum absolute atomic E-state index is 9.63. The van der Waals surface area contributed by atoms with E-state index in [1.807, 2.05) is 12.1 Å². The second kappa shape index (κ2) is 4.44. The van der Waals surface area contributed by atoms with Crippen LogP contribution >= 0.6 is 15.9 Å². The molecule has 13 heavy (non-hydrogen) atoms. The molecule has 2 nitrogen and oxygen atoms in total. The molecule has 0 aromatic heterocycles. The van der Waals surface area contributed by atoms with Gasteiger partial charge in [0.15, 0.2) is 0 Å². The molecule has 3 heteroatoms. The Balaban J connectivity index is 3.00. The number of aromatic hydroxyl groups is 1. The molecule has 0 fully saturated rings. The Morgan fingerprint density at radius 2 is 2.31 bits per heavy atom. The van der Waals surface area contributed by atoms with E-state index in [1.165, 1.54) is 0 Å². The third-order valence-corrected chi connectivity index (χ3v) is 2.48. The van der Waals surface area contributed by atoms with Crippen LogP contribution in [0.4, 0.5) is 0 Å². The fourth-order valence-corrected chi connectivity index (χ4v) is 1.52. The first-order valence-electron chi connectivity index (χ1n) is 4.00. The van der Waals surface area contributed by atoms with E-state index in [9.17, 15) is 5.11 Å². The van der Waals surface area contributed by atoms with Gasteiger partial charge in [-0.15, -0.1) is 6.58 Å². The molecule has 0 heterocycles. The summed E-state index contributed by atoms with van der Waals surface area (Å²) in [7, 11) is 0. The molecule has 0 saturated heterocycles. The van der Waals surface area contributed by atoms with Crippen LogP contribution < -0.4 is 5.73 Å². The van der Waals surface area contributed by atoms with Crippen molar-refractivity contribution in [2.75, 3.05) is 0 Å². The highest BCUT2D eigenvalue weighted by atomic mass is 79.9. The fraction of sp³-hybridized carbons (Fsp3) is 0.200. The van der Waals surface area contributed by atoms with Crippen LogP contribution in [0.25, 0.3) is 0 Å². The van der Waals surface area contributed by atoms with E-state index in [1.54, 1.807) is 12.1 Å². The summed E-state index contributed by atoms with van der Waals surface area (Å²) in [6, 6.07) is 5.26. The first-order valence-corrected chi connectivity index (χ1v) is 4.80. The molecule has 1 unspecified atom stereocenters. The molecule has 1 atom stereocenters. The molecule has 0 amide bonds. The van der Waals surface area contributed by atoms with Gasteiger partial charge in [0.25, 0.3) is 0 Å². The van der Waals surface area contributed by atoms with Crippen molar-refractivity contribution in [3.05, 3.63) is 40.9 Å². The number of rotatable bonds is 3. The molecular weight excluding hydrogens is 230 g/mol. The van der Waals surface area contributed by atoms with Crippen LogP contribution in [0.3, 0.4) is 0 Å². The van der Waals surface area contributed by atoms with Gasteiger partial charge >= 0.3 is 0 Å². The van der Waals surface area contributed by atoms with Crippen LogP contribution in [0.2, 0.25) is 0 Å². The third-order valence-electron chi connectivity index (χ3n) is 1.84. The highest BCUT2D eigenvalue weighted by Gasteiger charge is 2.10. The van der Waals surface area contributed by atoms with Crippen molar-refractivity contribution in [2.45, 2.75) is 12.5 Å². The van der Waals surface area contributed by atoms with Crippen LogP contribution in [0, 0.1) is 0 Å². The molecule has 3 N–H and O–H groups in total. The van der Waals surface area contributed by atoms with E-state index < -0.39 is 0 Å². The number of para-hydroxylation sites is 1. The van der Waals surface area contributed by atoms with Gasteiger partial charge in [-0.05, 0) is 28.4 Å². The second-order valence-corrected chi connectivity index (χ2v) is 3.66. The van der Waals surface area contributed by atoms with E-state index in [4.69, 9.17) is 5.73 Å². The minimum absolute atomic E-state index is 0.185. The summed E-state index contributed by atoms with van der Waals surface area (Å²) in [4.78, 5) is 0. The summed E-state index contributed by atoms with van der Waals surface area (Å²) in [5.74, 6) is 0.219. The maximum Gasteiger partial charge on any atom is 0.134 e. The van der Waals surface area contributed by atoms with Gasteiger partial charge in [0.05, 0.1) is 4.47 Å². The lowest BCUT2D eigenvalue weighted by molar-refractivity contribution is 0.458. The first kappa shape index (κ1) is 10.3. The minimum atomic E-state index is -0.185. The molecule has 0 spiro atoms. The van der Waals surface area contributed by atoms with Crippen molar-refractivity contribution in [1.82, 2.24) is 0 Å². The Morgan fingerprint density at radius 3 is 2.92 bits per heavy atom. The summed E-state index contributed by atoms with van der Waals surface area (Å²) in [6.45, 7) is 3.60. The minimum Gasteiger partial charge on any atom is -0.506 e. The van der Waals surface area contributed by atoms with Crippen molar-refractivity contribution in [3.63, 3.8) is 0 Å². The highest BCUT2D eigenvalue weighted by molar-refractivity contribution is 9.10. The number of phenolic OH excluding ortho intramolecular Hbond substituents is 1. The molecule has 0 aliphatic heterocycles. The number of hydrogen-bond acceptors (Lipinski definition) is 2. The van der Waals surface area contributed by atoms with E-state index in [2.05, 4.69) is 22.5 Å². The van der Waals surface area contributed by atoms with E-state index in [0.29, 0.717) is 10.9 Å². The van der Waals surface area contributed by atoms with E-state index in [-0.39, 0.29) is 11.8 Å². The predicted octanol–water partition coefficient (Wildman–Crippen LogP) is 2.73.